The summed E-state index contributed by atoms with van der Waals surface area (Å²) < 4.78 is 26.8. The van der Waals surface area contributed by atoms with Crippen LogP contribution in [-0.2, 0) is 19.6 Å². The minimum absolute atomic E-state index is 0.119. The molecule has 0 bridgehead atoms. The minimum atomic E-state index is -3.53. The molecule has 134 valence electrons. The molecule has 0 radical (unpaired) electrons. The summed E-state index contributed by atoms with van der Waals surface area (Å²) in [6.07, 6.45) is 0. The Bertz CT molecular complexity index is 721. The van der Waals surface area contributed by atoms with E-state index < -0.39 is 15.9 Å². The number of carbonyl (C=O) groups is 2. The first-order chi connectivity index (χ1) is 11.3. The molecule has 1 saturated heterocycles. The van der Waals surface area contributed by atoms with Gasteiger partial charge >= 0.3 is 0 Å². The molecule has 0 atom stereocenters. The lowest BCUT2D eigenvalue weighted by molar-refractivity contribution is -0.133. The van der Waals surface area contributed by atoms with Crippen LogP contribution in [0.15, 0.2) is 11.0 Å². The molecule has 0 aliphatic carbocycles. The third-order valence-electron chi connectivity index (χ3n) is 3.83. The van der Waals surface area contributed by atoms with Gasteiger partial charge in [0.2, 0.25) is 21.8 Å². The van der Waals surface area contributed by atoms with Crippen LogP contribution in [-0.4, -0.2) is 68.7 Å². The fourth-order valence-electron chi connectivity index (χ4n) is 2.54. The van der Waals surface area contributed by atoms with Crippen molar-refractivity contribution >= 4 is 33.2 Å². The zero-order valence-electron chi connectivity index (χ0n) is 13.7. The van der Waals surface area contributed by atoms with Gasteiger partial charge in [0.15, 0.2) is 0 Å². The maximum Gasteiger partial charge on any atom is 0.244 e. The van der Waals surface area contributed by atoms with Gasteiger partial charge in [-0.05, 0) is 19.9 Å². The fourth-order valence-corrected chi connectivity index (χ4v) is 5.48. The van der Waals surface area contributed by atoms with Crippen LogP contribution in [0.4, 0.5) is 0 Å². The van der Waals surface area contributed by atoms with Crippen LogP contribution >= 0.6 is 11.3 Å². The van der Waals surface area contributed by atoms with Crippen LogP contribution in [0.3, 0.4) is 0 Å². The second kappa shape index (κ2) is 7.60. The molecule has 1 fully saturated rings. The molecule has 1 aliphatic heterocycles. The van der Waals surface area contributed by atoms with Crippen molar-refractivity contribution in [3.8, 4) is 0 Å². The number of nitrogens with one attached hydrogen (secondary N) is 1. The zero-order valence-corrected chi connectivity index (χ0v) is 15.4. The smallest absolute Gasteiger partial charge is 0.244 e. The summed E-state index contributed by atoms with van der Waals surface area (Å²) in [6, 6.07) is 1.69. The molecule has 0 unspecified atom stereocenters. The molecular formula is C14H22N4O4S2. The number of hydrogen-bond acceptors (Lipinski definition) is 6. The molecule has 0 spiro atoms. The third-order valence-corrected chi connectivity index (χ3v) is 6.95. The van der Waals surface area contributed by atoms with Gasteiger partial charge in [0.25, 0.3) is 0 Å². The van der Waals surface area contributed by atoms with E-state index in [-0.39, 0.29) is 32.1 Å². The van der Waals surface area contributed by atoms with Gasteiger partial charge in [0.05, 0.1) is 18.0 Å². The summed E-state index contributed by atoms with van der Waals surface area (Å²) in [5.41, 5.74) is 5.16. The Morgan fingerprint density at radius 3 is 2.38 bits per heavy atom. The van der Waals surface area contributed by atoms with E-state index in [0.29, 0.717) is 18.0 Å². The molecule has 2 amide bonds. The molecular weight excluding hydrogens is 352 g/mol. The van der Waals surface area contributed by atoms with Gasteiger partial charge in [-0.1, -0.05) is 0 Å². The molecule has 1 aliphatic rings. The Balaban J connectivity index is 1.96. The fraction of sp³-hybridized carbons (Fsp3) is 0.571. The van der Waals surface area contributed by atoms with Crippen LogP contribution in [0.5, 0.6) is 0 Å². The minimum Gasteiger partial charge on any atom is -0.346 e. The first kappa shape index (κ1) is 18.8. The lowest BCUT2D eigenvalue weighted by atomic mass is 10.3. The van der Waals surface area contributed by atoms with Gasteiger partial charge in [0.1, 0.15) is 0 Å². The molecule has 24 heavy (non-hydrogen) atoms. The summed E-state index contributed by atoms with van der Waals surface area (Å²) in [5, 5.41) is 2.42. The zero-order chi connectivity index (χ0) is 17.9. The van der Waals surface area contributed by atoms with Gasteiger partial charge in [-0.3, -0.25) is 9.59 Å². The van der Waals surface area contributed by atoms with Crippen molar-refractivity contribution in [2.45, 2.75) is 18.7 Å². The van der Waals surface area contributed by atoms with E-state index in [4.69, 9.17) is 5.73 Å². The van der Waals surface area contributed by atoms with Crippen LogP contribution < -0.4 is 11.1 Å². The van der Waals surface area contributed by atoms with Crippen molar-refractivity contribution in [3.63, 3.8) is 0 Å². The van der Waals surface area contributed by atoms with Gasteiger partial charge in [0, 0.05) is 35.9 Å². The highest BCUT2D eigenvalue weighted by atomic mass is 32.2. The first-order valence-corrected chi connectivity index (χ1v) is 9.83. The highest BCUT2D eigenvalue weighted by molar-refractivity contribution is 7.89. The van der Waals surface area contributed by atoms with Crippen LogP contribution in [0.1, 0.15) is 9.75 Å². The van der Waals surface area contributed by atoms with E-state index >= 15 is 0 Å². The van der Waals surface area contributed by atoms with Gasteiger partial charge in [-0.15, -0.1) is 11.3 Å². The van der Waals surface area contributed by atoms with Crippen molar-refractivity contribution in [3.05, 3.63) is 15.8 Å². The lowest BCUT2D eigenvalue weighted by Gasteiger charge is -2.34. The average Bonchev–Trinajstić information content (AvgIpc) is 2.91. The predicted octanol–water partition coefficient (Wildman–Crippen LogP) is -0.727. The number of rotatable bonds is 5. The van der Waals surface area contributed by atoms with E-state index in [0.717, 1.165) is 9.75 Å². The summed E-state index contributed by atoms with van der Waals surface area (Å²) in [6.45, 7) is 4.48. The van der Waals surface area contributed by atoms with E-state index in [9.17, 15) is 18.0 Å². The number of aryl methyl sites for hydroxylation is 2. The first-order valence-electron chi connectivity index (χ1n) is 7.57. The van der Waals surface area contributed by atoms with Crippen LogP contribution in [0.2, 0.25) is 0 Å². The summed E-state index contributed by atoms with van der Waals surface area (Å²) in [4.78, 5) is 26.7. The molecule has 0 aromatic carbocycles. The largest absolute Gasteiger partial charge is 0.346 e. The molecule has 1 aromatic heterocycles. The number of thiophene rings is 1. The molecule has 0 saturated carbocycles. The highest BCUT2D eigenvalue weighted by Gasteiger charge is 2.31. The van der Waals surface area contributed by atoms with Gasteiger partial charge < -0.3 is 16.0 Å². The molecule has 1 aromatic rings. The maximum atomic E-state index is 12.7. The number of nitrogens with two attached hydrogens (primary N) is 1. The number of amides is 2. The maximum absolute atomic E-state index is 12.7. The van der Waals surface area contributed by atoms with E-state index in [1.165, 1.54) is 15.6 Å². The molecule has 8 nitrogen and oxygen atoms in total. The van der Waals surface area contributed by atoms with E-state index in [1.807, 2.05) is 6.92 Å². The second-order valence-electron chi connectivity index (χ2n) is 5.54. The van der Waals surface area contributed by atoms with E-state index in [2.05, 4.69) is 5.32 Å². The third kappa shape index (κ3) is 4.12. The average molecular weight is 374 g/mol. The normalized spacial score (nSPS) is 16.2. The molecule has 2 rings (SSSR count). The van der Waals surface area contributed by atoms with Crippen molar-refractivity contribution in [1.82, 2.24) is 14.5 Å². The number of hydrogen-bond donors (Lipinski definition) is 2. The quantitative estimate of drug-likeness (QED) is 0.706. The topological polar surface area (TPSA) is 113 Å². The van der Waals surface area contributed by atoms with Crippen molar-refractivity contribution in [2.75, 3.05) is 39.3 Å². The van der Waals surface area contributed by atoms with Crippen molar-refractivity contribution in [1.29, 1.82) is 0 Å². The summed E-state index contributed by atoms with van der Waals surface area (Å²) in [5.74, 6) is -0.635. The second-order valence-corrected chi connectivity index (χ2v) is 8.91. The Labute approximate surface area is 145 Å². The predicted molar refractivity (Wildman–Crippen MR) is 91.2 cm³/mol. The molecule has 10 heteroatoms. The SMILES string of the molecule is Cc1cc(S(=O)(=O)N2CCN(C(=O)CNC(=O)CN)CC2)c(C)s1. The van der Waals surface area contributed by atoms with Gasteiger partial charge in [-0.2, -0.15) is 4.31 Å². The Hall–Kier alpha value is -1.49. The number of nitrogens with zero attached hydrogens (tertiary/aromatic N) is 2. The molecule has 3 N–H and O–H groups in total. The Kier molecular flexibility index (Phi) is 5.97. The summed E-state index contributed by atoms with van der Waals surface area (Å²) >= 11 is 1.46. The Morgan fingerprint density at radius 2 is 1.88 bits per heavy atom. The number of piperazine rings is 1. The van der Waals surface area contributed by atoms with Crippen molar-refractivity contribution in [2.24, 2.45) is 5.73 Å². The van der Waals surface area contributed by atoms with Gasteiger partial charge in [-0.25, -0.2) is 8.42 Å². The highest BCUT2D eigenvalue weighted by Crippen LogP contribution is 2.28. The van der Waals surface area contributed by atoms with E-state index in [1.54, 1.807) is 17.9 Å². The number of sulfonamides is 1. The van der Waals surface area contributed by atoms with Crippen LogP contribution in [0, 0.1) is 13.8 Å². The number of carbonyl (C=O) groups excluding carboxylic acids is 2. The monoisotopic (exact) mass is 374 g/mol. The molecule has 2 heterocycles. The van der Waals surface area contributed by atoms with Crippen LogP contribution in [0.25, 0.3) is 0 Å². The summed E-state index contributed by atoms with van der Waals surface area (Å²) in [7, 11) is -3.53. The Morgan fingerprint density at radius 1 is 1.25 bits per heavy atom. The lowest BCUT2D eigenvalue weighted by Crippen LogP contribution is -2.52. The van der Waals surface area contributed by atoms with Crippen molar-refractivity contribution < 1.29 is 18.0 Å². The standard InChI is InChI=1S/C14H22N4O4S2/c1-10-7-12(11(2)23-10)24(21,22)18-5-3-17(4-6-18)14(20)9-16-13(19)8-15/h7H,3-6,8-9,15H2,1-2H3,(H,16,19).